The first kappa shape index (κ1) is 17.1. The molecule has 7 heteroatoms. The number of amides is 1. The number of hydrogen-bond acceptors (Lipinski definition) is 6. The van der Waals surface area contributed by atoms with Crippen molar-refractivity contribution in [3.63, 3.8) is 0 Å². The molecule has 0 aliphatic carbocycles. The highest BCUT2D eigenvalue weighted by Gasteiger charge is 2.53. The van der Waals surface area contributed by atoms with Gasteiger partial charge >= 0.3 is 0 Å². The summed E-state index contributed by atoms with van der Waals surface area (Å²) in [6.45, 7) is 2.46. The van der Waals surface area contributed by atoms with Crippen LogP contribution in [0.1, 0.15) is 28.7 Å². The lowest BCUT2D eigenvalue weighted by Gasteiger charge is -2.48. The molecule has 3 aromatic rings. The number of carbonyl (C=O) groups is 1. The summed E-state index contributed by atoms with van der Waals surface area (Å²) < 4.78 is 5.58. The van der Waals surface area contributed by atoms with Gasteiger partial charge in [-0.15, -0.1) is 0 Å². The van der Waals surface area contributed by atoms with Crippen molar-refractivity contribution in [3.8, 4) is 11.4 Å². The van der Waals surface area contributed by atoms with Crippen molar-refractivity contribution in [1.29, 1.82) is 0 Å². The first-order chi connectivity index (χ1) is 13.6. The summed E-state index contributed by atoms with van der Waals surface area (Å²) in [5.74, 6) is 1.33. The molecular formula is C21H21N5O2. The summed E-state index contributed by atoms with van der Waals surface area (Å²) >= 11 is 0. The molecule has 1 unspecified atom stereocenters. The molecule has 142 valence electrons. The average molecular weight is 375 g/mol. The second-order valence-electron chi connectivity index (χ2n) is 7.85. The number of likely N-dealkylation sites (tertiary alicyclic amines) is 2. The molecule has 1 aromatic carbocycles. The van der Waals surface area contributed by atoms with E-state index >= 15 is 0 Å². The summed E-state index contributed by atoms with van der Waals surface area (Å²) in [5.41, 5.74) is 1.75. The SMILES string of the molecule is CN1CC2(CC1c1nc(-c3ccncc3)no1)CN(C(=O)c1ccccc1)C2. The topological polar surface area (TPSA) is 75.4 Å². The van der Waals surface area contributed by atoms with E-state index in [2.05, 4.69) is 27.1 Å². The molecule has 5 rings (SSSR count). The number of benzene rings is 1. The van der Waals surface area contributed by atoms with E-state index in [9.17, 15) is 4.79 Å². The summed E-state index contributed by atoms with van der Waals surface area (Å²) in [6, 6.07) is 13.3. The van der Waals surface area contributed by atoms with Crippen LogP contribution >= 0.6 is 0 Å². The van der Waals surface area contributed by atoms with E-state index in [1.807, 2.05) is 47.4 Å². The van der Waals surface area contributed by atoms with E-state index in [1.165, 1.54) is 0 Å². The van der Waals surface area contributed by atoms with Crippen LogP contribution in [0, 0.1) is 5.41 Å². The van der Waals surface area contributed by atoms with Crippen molar-refractivity contribution in [1.82, 2.24) is 24.9 Å². The van der Waals surface area contributed by atoms with E-state index in [4.69, 9.17) is 4.52 Å². The van der Waals surface area contributed by atoms with Crippen molar-refractivity contribution in [2.45, 2.75) is 12.5 Å². The molecule has 2 aromatic heterocycles. The maximum absolute atomic E-state index is 12.6. The second-order valence-corrected chi connectivity index (χ2v) is 7.85. The largest absolute Gasteiger partial charge is 0.337 e. The third-order valence-corrected chi connectivity index (χ3v) is 5.77. The van der Waals surface area contributed by atoms with E-state index in [-0.39, 0.29) is 17.4 Å². The van der Waals surface area contributed by atoms with Crippen LogP contribution in [-0.2, 0) is 0 Å². The first-order valence-corrected chi connectivity index (χ1v) is 9.42. The molecule has 2 fully saturated rings. The third-order valence-electron chi connectivity index (χ3n) is 5.77. The highest BCUT2D eigenvalue weighted by atomic mass is 16.5. The van der Waals surface area contributed by atoms with Crippen molar-refractivity contribution in [2.24, 2.45) is 5.41 Å². The molecule has 0 bridgehead atoms. The van der Waals surface area contributed by atoms with Crippen LogP contribution in [0.5, 0.6) is 0 Å². The minimum Gasteiger partial charge on any atom is -0.337 e. The molecule has 0 N–H and O–H groups in total. The van der Waals surface area contributed by atoms with Crippen molar-refractivity contribution >= 4 is 5.91 Å². The lowest BCUT2D eigenvalue weighted by atomic mass is 9.77. The normalized spacial score (nSPS) is 21.0. The van der Waals surface area contributed by atoms with Gasteiger partial charge in [-0.2, -0.15) is 4.98 Å². The molecule has 0 radical (unpaired) electrons. The standard InChI is InChI=1S/C21H21N5O2/c1-25-12-21(13-26(14-21)20(27)16-5-3-2-4-6-16)11-17(25)19-23-18(24-28-19)15-7-9-22-10-8-15/h2-10,17H,11-14H2,1H3. The predicted molar refractivity (Wildman–Crippen MR) is 102 cm³/mol. The van der Waals surface area contributed by atoms with Crippen LogP contribution in [0.2, 0.25) is 0 Å². The Kier molecular flexibility index (Phi) is 3.98. The fourth-order valence-corrected chi connectivity index (χ4v) is 4.43. The van der Waals surface area contributed by atoms with E-state index < -0.39 is 0 Å². The Morgan fingerprint density at radius 2 is 1.86 bits per heavy atom. The summed E-state index contributed by atoms with van der Waals surface area (Å²) in [4.78, 5) is 25.4. The van der Waals surface area contributed by atoms with Gasteiger partial charge in [-0.05, 0) is 37.7 Å². The minimum absolute atomic E-state index is 0.0806. The summed E-state index contributed by atoms with van der Waals surface area (Å²) in [5, 5.41) is 4.13. The first-order valence-electron chi connectivity index (χ1n) is 9.42. The molecule has 1 amide bonds. The van der Waals surface area contributed by atoms with Crippen LogP contribution in [-0.4, -0.2) is 57.5 Å². The zero-order chi connectivity index (χ0) is 19.1. The van der Waals surface area contributed by atoms with Gasteiger partial charge < -0.3 is 9.42 Å². The van der Waals surface area contributed by atoms with Crippen molar-refractivity contribution < 1.29 is 9.32 Å². The molecule has 1 spiro atoms. The van der Waals surface area contributed by atoms with E-state index in [0.717, 1.165) is 37.2 Å². The van der Waals surface area contributed by atoms with Gasteiger partial charge in [0.2, 0.25) is 11.7 Å². The van der Waals surface area contributed by atoms with Crippen LogP contribution in [0.4, 0.5) is 0 Å². The van der Waals surface area contributed by atoms with E-state index in [0.29, 0.717) is 11.7 Å². The molecule has 2 aliphatic rings. The summed E-state index contributed by atoms with van der Waals surface area (Å²) in [6.07, 6.45) is 4.35. The Morgan fingerprint density at radius 3 is 2.61 bits per heavy atom. The maximum atomic E-state index is 12.6. The van der Waals surface area contributed by atoms with Crippen molar-refractivity contribution in [3.05, 3.63) is 66.3 Å². The lowest BCUT2D eigenvalue weighted by molar-refractivity contribution is 0.0115. The number of carbonyl (C=O) groups excluding carboxylic acids is 1. The molecule has 1 atom stereocenters. The predicted octanol–water partition coefficient (Wildman–Crippen LogP) is 2.65. The number of hydrogen-bond donors (Lipinski definition) is 0. The Bertz CT molecular complexity index is 982. The fraction of sp³-hybridized carbons (Fsp3) is 0.333. The monoisotopic (exact) mass is 375 g/mol. The zero-order valence-electron chi connectivity index (χ0n) is 15.7. The average Bonchev–Trinajstić information content (AvgIpc) is 3.32. The van der Waals surface area contributed by atoms with E-state index in [1.54, 1.807) is 12.4 Å². The quantitative estimate of drug-likeness (QED) is 0.701. The highest BCUT2D eigenvalue weighted by molar-refractivity contribution is 5.94. The minimum atomic E-state index is 0.0806. The van der Waals surface area contributed by atoms with Gasteiger partial charge in [-0.25, -0.2) is 0 Å². The second kappa shape index (κ2) is 6.53. The van der Waals surface area contributed by atoms with Crippen LogP contribution in [0.3, 0.4) is 0 Å². The smallest absolute Gasteiger partial charge is 0.253 e. The van der Waals surface area contributed by atoms with Crippen LogP contribution in [0.25, 0.3) is 11.4 Å². The van der Waals surface area contributed by atoms with Gasteiger partial charge in [0.1, 0.15) is 0 Å². The van der Waals surface area contributed by atoms with Gasteiger partial charge in [0.15, 0.2) is 0 Å². The van der Waals surface area contributed by atoms with Gasteiger partial charge in [-0.1, -0.05) is 23.4 Å². The maximum Gasteiger partial charge on any atom is 0.253 e. The zero-order valence-corrected chi connectivity index (χ0v) is 15.7. The van der Waals surface area contributed by atoms with Crippen molar-refractivity contribution in [2.75, 3.05) is 26.7 Å². The lowest BCUT2D eigenvalue weighted by Crippen LogP contribution is -2.59. The summed E-state index contributed by atoms with van der Waals surface area (Å²) in [7, 11) is 2.08. The van der Waals surface area contributed by atoms with Gasteiger partial charge in [0.25, 0.3) is 5.91 Å². The molecular weight excluding hydrogens is 354 g/mol. The molecule has 2 aliphatic heterocycles. The number of rotatable bonds is 3. The fourth-order valence-electron chi connectivity index (χ4n) is 4.43. The molecule has 0 saturated carbocycles. The molecule has 2 saturated heterocycles. The van der Waals surface area contributed by atoms with Crippen LogP contribution < -0.4 is 0 Å². The molecule has 7 nitrogen and oxygen atoms in total. The van der Waals surface area contributed by atoms with Gasteiger partial charge in [0, 0.05) is 48.6 Å². The number of nitrogens with zero attached hydrogens (tertiary/aromatic N) is 5. The Morgan fingerprint density at radius 1 is 1.11 bits per heavy atom. The van der Waals surface area contributed by atoms with Crippen LogP contribution in [0.15, 0.2) is 59.4 Å². The molecule has 4 heterocycles. The van der Waals surface area contributed by atoms with Gasteiger partial charge in [-0.3, -0.25) is 14.7 Å². The Hall–Kier alpha value is -3.06. The highest BCUT2D eigenvalue weighted by Crippen LogP contribution is 2.47. The third kappa shape index (κ3) is 2.88. The number of pyridine rings is 1. The number of aromatic nitrogens is 3. The molecule has 28 heavy (non-hydrogen) atoms. The Balaban J connectivity index is 1.28. The Labute approximate surface area is 163 Å². The van der Waals surface area contributed by atoms with Gasteiger partial charge in [0.05, 0.1) is 6.04 Å².